The first-order valence-corrected chi connectivity index (χ1v) is 5.75. The highest BCUT2D eigenvalue weighted by Crippen LogP contribution is 2.19. The third-order valence-corrected chi connectivity index (χ3v) is 3.07. The van der Waals surface area contributed by atoms with Crippen molar-refractivity contribution in [1.29, 1.82) is 0 Å². The topological polar surface area (TPSA) is 42.1 Å². The van der Waals surface area contributed by atoms with E-state index in [0.717, 1.165) is 32.4 Å². The van der Waals surface area contributed by atoms with Crippen LogP contribution in [0.3, 0.4) is 0 Å². The first kappa shape index (κ1) is 10.4. The lowest BCUT2D eigenvalue weighted by atomic mass is 10.1. The van der Waals surface area contributed by atoms with Gasteiger partial charge in [0.2, 0.25) is 0 Å². The highest BCUT2D eigenvalue weighted by atomic mass is 15.1. The smallest absolute Gasteiger partial charge is 0.0421 e. The molecule has 0 radical (unpaired) electrons. The van der Waals surface area contributed by atoms with Gasteiger partial charge in [-0.3, -0.25) is 4.98 Å². The average Bonchev–Trinajstić information content (AvgIpc) is 2.30. The summed E-state index contributed by atoms with van der Waals surface area (Å²) in [6.45, 7) is 4.29. The Hall–Kier alpha value is -1.09. The van der Waals surface area contributed by atoms with Crippen LogP contribution in [0.1, 0.15) is 25.5 Å². The Bertz CT molecular complexity index is 316. The third kappa shape index (κ3) is 2.48. The van der Waals surface area contributed by atoms with Crippen molar-refractivity contribution < 1.29 is 0 Å². The summed E-state index contributed by atoms with van der Waals surface area (Å²) in [5.41, 5.74) is 8.36. The Morgan fingerprint density at radius 1 is 1.47 bits per heavy atom. The zero-order valence-corrected chi connectivity index (χ0v) is 9.32. The van der Waals surface area contributed by atoms with Gasteiger partial charge in [0.1, 0.15) is 0 Å². The monoisotopic (exact) mass is 205 g/mol. The van der Waals surface area contributed by atoms with Crippen molar-refractivity contribution in [2.45, 2.75) is 32.2 Å². The summed E-state index contributed by atoms with van der Waals surface area (Å²) < 4.78 is 0. The van der Waals surface area contributed by atoms with E-state index >= 15 is 0 Å². The van der Waals surface area contributed by atoms with Crippen LogP contribution in [0.15, 0.2) is 18.3 Å². The van der Waals surface area contributed by atoms with Gasteiger partial charge in [-0.1, -0.05) is 6.92 Å². The van der Waals surface area contributed by atoms with Crippen molar-refractivity contribution in [3.05, 3.63) is 24.0 Å². The van der Waals surface area contributed by atoms with Crippen LogP contribution in [0.2, 0.25) is 0 Å². The lowest BCUT2D eigenvalue weighted by molar-refractivity contribution is 0.501. The maximum absolute atomic E-state index is 5.89. The molecular formula is C12H19N3. The summed E-state index contributed by atoms with van der Waals surface area (Å²) in [6.07, 6.45) is 5.11. The number of anilines is 1. The fraction of sp³-hybridized carbons (Fsp3) is 0.583. The first-order valence-electron chi connectivity index (χ1n) is 5.75. The number of aromatic nitrogens is 1. The number of aryl methyl sites for hydroxylation is 1. The summed E-state index contributed by atoms with van der Waals surface area (Å²) in [7, 11) is 0. The van der Waals surface area contributed by atoms with Crippen LogP contribution in [0.25, 0.3) is 0 Å². The molecule has 1 aliphatic rings. The molecule has 0 saturated carbocycles. The quantitative estimate of drug-likeness (QED) is 0.797. The maximum Gasteiger partial charge on any atom is 0.0421 e. The molecule has 1 fully saturated rings. The van der Waals surface area contributed by atoms with Crippen LogP contribution in [0, 0.1) is 0 Å². The zero-order chi connectivity index (χ0) is 10.7. The molecule has 0 spiro atoms. The van der Waals surface area contributed by atoms with Crippen molar-refractivity contribution in [2.75, 3.05) is 18.0 Å². The second-order valence-corrected chi connectivity index (χ2v) is 4.18. The number of nitrogens with zero attached hydrogens (tertiary/aromatic N) is 2. The van der Waals surface area contributed by atoms with Crippen LogP contribution in [-0.2, 0) is 6.42 Å². The van der Waals surface area contributed by atoms with Crippen molar-refractivity contribution in [3.63, 3.8) is 0 Å². The summed E-state index contributed by atoms with van der Waals surface area (Å²) in [5, 5.41) is 0. The maximum atomic E-state index is 5.89. The minimum atomic E-state index is 0.397. The zero-order valence-electron chi connectivity index (χ0n) is 9.32. The van der Waals surface area contributed by atoms with Crippen LogP contribution in [-0.4, -0.2) is 24.1 Å². The Labute approximate surface area is 91.3 Å². The molecule has 0 aromatic carbocycles. The van der Waals surface area contributed by atoms with E-state index in [1.807, 2.05) is 6.20 Å². The normalized spacial score (nSPS) is 18.1. The van der Waals surface area contributed by atoms with E-state index in [1.165, 1.54) is 11.4 Å². The lowest BCUT2D eigenvalue weighted by Gasteiger charge is -2.32. The molecule has 2 rings (SSSR count). The van der Waals surface area contributed by atoms with Crippen LogP contribution < -0.4 is 10.6 Å². The van der Waals surface area contributed by atoms with Gasteiger partial charge in [0.05, 0.1) is 0 Å². The number of nitrogens with two attached hydrogens (primary N) is 1. The van der Waals surface area contributed by atoms with Crippen molar-refractivity contribution in [2.24, 2.45) is 5.73 Å². The van der Waals surface area contributed by atoms with Gasteiger partial charge in [0.25, 0.3) is 0 Å². The lowest BCUT2D eigenvalue weighted by Crippen LogP contribution is -2.39. The van der Waals surface area contributed by atoms with Gasteiger partial charge in [-0.15, -0.1) is 0 Å². The Morgan fingerprint density at radius 2 is 2.20 bits per heavy atom. The molecule has 82 valence electrons. The fourth-order valence-electron chi connectivity index (χ4n) is 2.01. The van der Waals surface area contributed by atoms with E-state index in [9.17, 15) is 0 Å². The minimum Gasteiger partial charge on any atom is -0.371 e. The van der Waals surface area contributed by atoms with E-state index < -0.39 is 0 Å². The number of hydrogen-bond acceptors (Lipinski definition) is 3. The van der Waals surface area contributed by atoms with Gasteiger partial charge in [0, 0.05) is 36.7 Å². The number of hydrogen-bond donors (Lipinski definition) is 1. The largest absolute Gasteiger partial charge is 0.371 e. The third-order valence-electron chi connectivity index (χ3n) is 3.07. The molecule has 1 aromatic rings. The molecule has 1 aromatic heterocycles. The van der Waals surface area contributed by atoms with Crippen molar-refractivity contribution in [1.82, 2.24) is 4.98 Å². The molecule has 3 nitrogen and oxygen atoms in total. The Morgan fingerprint density at radius 3 is 2.87 bits per heavy atom. The highest BCUT2D eigenvalue weighted by molar-refractivity contribution is 5.46. The molecule has 0 aliphatic carbocycles. The average molecular weight is 205 g/mol. The van der Waals surface area contributed by atoms with E-state index in [4.69, 9.17) is 5.73 Å². The number of rotatable bonds is 2. The van der Waals surface area contributed by atoms with Gasteiger partial charge in [-0.05, 0) is 31.4 Å². The summed E-state index contributed by atoms with van der Waals surface area (Å²) in [5.74, 6) is 0. The first-order chi connectivity index (χ1) is 7.29. The fourth-order valence-corrected chi connectivity index (χ4v) is 2.01. The Balaban J connectivity index is 2.08. The summed E-state index contributed by atoms with van der Waals surface area (Å²) in [4.78, 5) is 6.72. The van der Waals surface area contributed by atoms with E-state index in [0.29, 0.717) is 6.04 Å². The molecular weight excluding hydrogens is 186 g/mol. The minimum absolute atomic E-state index is 0.397. The van der Waals surface area contributed by atoms with Crippen LogP contribution in [0.5, 0.6) is 0 Å². The molecule has 2 heterocycles. The van der Waals surface area contributed by atoms with Crippen LogP contribution in [0.4, 0.5) is 5.69 Å². The van der Waals surface area contributed by atoms with Gasteiger partial charge >= 0.3 is 0 Å². The van der Waals surface area contributed by atoms with Gasteiger partial charge in [-0.2, -0.15) is 0 Å². The number of piperidine rings is 1. The van der Waals surface area contributed by atoms with E-state index in [-0.39, 0.29) is 0 Å². The van der Waals surface area contributed by atoms with Gasteiger partial charge in [-0.25, -0.2) is 0 Å². The molecule has 0 unspecified atom stereocenters. The predicted molar refractivity (Wildman–Crippen MR) is 63.0 cm³/mol. The number of pyridine rings is 1. The SMILES string of the molecule is CCc1cc(N2CCC(N)CC2)ccn1. The molecule has 0 bridgehead atoms. The summed E-state index contributed by atoms with van der Waals surface area (Å²) in [6, 6.07) is 4.68. The van der Waals surface area contributed by atoms with Crippen molar-refractivity contribution >= 4 is 5.69 Å². The second kappa shape index (κ2) is 4.62. The van der Waals surface area contributed by atoms with E-state index in [1.54, 1.807) is 0 Å². The predicted octanol–water partition coefficient (Wildman–Crippen LogP) is 1.57. The molecule has 1 saturated heterocycles. The standard InChI is InChI=1S/C12H19N3/c1-2-11-9-12(3-6-14-11)15-7-4-10(13)5-8-15/h3,6,9-10H,2,4-5,7-8,13H2,1H3. The molecule has 15 heavy (non-hydrogen) atoms. The van der Waals surface area contributed by atoms with E-state index in [2.05, 4.69) is 28.9 Å². The Kier molecular flexibility index (Phi) is 3.21. The van der Waals surface area contributed by atoms with Crippen LogP contribution >= 0.6 is 0 Å². The second-order valence-electron chi connectivity index (χ2n) is 4.18. The highest BCUT2D eigenvalue weighted by Gasteiger charge is 2.16. The molecule has 0 amide bonds. The van der Waals surface area contributed by atoms with Crippen molar-refractivity contribution in [3.8, 4) is 0 Å². The molecule has 3 heteroatoms. The molecule has 2 N–H and O–H groups in total. The van der Waals surface area contributed by atoms with Gasteiger partial charge in [0.15, 0.2) is 0 Å². The summed E-state index contributed by atoms with van der Waals surface area (Å²) >= 11 is 0. The molecule has 0 atom stereocenters. The van der Waals surface area contributed by atoms with Gasteiger partial charge < -0.3 is 10.6 Å². The molecule has 1 aliphatic heterocycles.